The Hall–Kier alpha value is -3.71. The van der Waals surface area contributed by atoms with Crippen molar-refractivity contribution in [2.24, 2.45) is 0 Å². The molecule has 0 fully saturated rings. The molecule has 0 radical (unpaired) electrons. The van der Waals surface area contributed by atoms with Crippen LogP contribution in [0.4, 0.5) is 15.8 Å². The third kappa shape index (κ3) is 5.96. The first-order valence-corrected chi connectivity index (χ1v) is 10.9. The van der Waals surface area contributed by atoms with Crippen LogP contribution in [0.5, 0.6) is 0 Å². The van der Waals surface area contributed by atoms with E-state index in [-0.39, 0.29) is 18.1 Å². The topological polar surface area (TPSA) is 85.8 Å². The van der Waals surface area contributed by atoms with Crippen molar-refractivity contribution in [3.05, 3.63) is 95.0 Å². The second-order valence-electron chi connectivity index (χ2n) is 7.67. The first-order chi connectivity index (χ1) is 16.0. The van der Waals surface area contributed by atoms with Crippen molar-refractivity contribution < 1.29 is 9.18 Å². The lowest BCUT2D eigenvalue weighted by molar-refractivity contribution is -0.116. The summed E-state index contributed by atoms with van der Waals surface area (Å²) >= 11 is 6.19. The molecule has 4 rings (SSSR count). The van der Waals surface area contributed by atoms with E-state index in [2.05, 4.69) is 15.6 Å². The number of amides is 1. The number of nitrogen functional groups attached to an aromatic ring is 1. The van der Waals surface area contributed by atoms with E-state index in [1.54, 1.807) is 28.9 Å². The SMILES string of the molecule is Nc1ccc(-c2ccc(F)cc2)cc1NC(=O)CCc1cn(CCc2ccccc2Cl)nn1. The molecule has 1 amide bonds. The number of nitrogens with one attached hydrogen (secondary N) is 1. The lowest BCUT2D eigenvalue weighted by Crippen LogP contribution is -2.13. The summed E-state index contributed by atoms with van der Waals surface area (Å²) in [6.45, 7) is 0.648. The Morgan fingerprint density at radius 2 is 1.79 bits per heavy atom. The van der Waals surface area contributed by atoms with Gasteiger partial charge >= 0.3 is 0 Å². The first-order valence-electron chi connectivity index (χ1n) is 10.6. The molecule has 3 N–H and O–H groups in total. The number of rotatable bonds is 8. The van der Waals surface area contributed by atoms with Gasteiger partial charge in [-0.05, 0) is 53.4 Å². The summed E-state index contributed by atoms with van der Waals surface area (Å²) in [6, 6.07) is 19.2. The maximum absolute atomic E-state index is 13.2. The van der Waals surface area contributed by atoms with E-state index < -0.39 is 0 Å². The van der Waals surface area contributed by atoms with Gasteiger partial charge in [0.2, 0.25) is 5.91 Å². The second kappa shape index (κ2) is 10.3. The van der Waals surface area contributed by atoms with Crippen molar-refractivity contribution >= 4 is 28.9 Å². The molecule has 4 aromatic rings. The third-order valence-electron chi connectivity index (χ3n) is 5.27. The number of nitrogens with two attached hydrogens (primary N) is 1. The summed E-state index contributed by atoms with van der Waals surface area (Å²) < 4.78 is 14.9. The minimum absolute atomic E-state index is 0.177. The minimum atomic E-state index is -0.302. The summed E-state index contributed by atoms with van der Waals surface area (Å²) in [7, 11) is 0. The van der Waals surface area contributed by atoms with Crippen LogP contribution in [-0.2, 0) is 24.2 Å². The first kappa shape index (κ1) is 22.5. The molecule has 0 aliphatic heterocycles. The molecule has 6 nitrogen and oxygen atoms in total. The van der Waals surface area contributed by atoms with E-state index in [1.165, 1.54) is 12.1 Å². The highest BCUT2D eigenvalue weighted by Gasteiger charge is 2.10. The molecule has 0 aliphatic carbocycles. The number of carbonyl (C=O) groups excluding carboxylic acids is 1. The van der Waals surface area contributed by atoms with Crippen LogP contribution in [0.2, 0.25) is 5.02 Å². The van der Waals surface area contributed by atoms with E-state index in [0.29, 0.717) is 24.3 Å². The van der Waals surface area contributed by atoms with Crippen molar-refractivity contribution in [2.75, 3.05) is 11.1 Å². The van der Waals surface area contributed by atoms with Crippen molar-refractivity contribution in [1.82, 2.24) is 15.0 Å². The van der Waals surface area contributed by atoms with Gasteiger partial charge in [-0.15, -0.1) is 5.10 Å². The van der Waals surface area contributed by atoms with Crippen LogP contribution in [-0.4, -0.2) is 20.9 Å². The number of nitrogens with zero attached hydrogens (tertiary/aromatic N) is 3. The minimum Gasteiger partial charge on any atom is -0.397 e. The van der Waals surface area contributed by atoms with Gasteiger partial charge in [0.15, 0.2) is 0 Å². The van der Waals surface area contributed by atoms with Crippen LogP contribution < -0.4 is 11.1 Å². The number of halogens is 2. The monoisotopic (exact) mass is 463 g/mol. The molecule has 8 heteroatoms. The van der Waals surface area contributed by atoms with E-state index in [4.69, 9.17) is 17.3 Å². The van der Waals surface area contributed by atoms with Crippen LogP contribution in [0.15, 0.2) is 72.9 Å². The standard InChI is InChI=1S/C25H23ClFN5O/c26-22-4-2-1-3-18(22)13-14-32-16-21(30-31-32)10-12-25(33)29-24-15-19(7-11-23(24)28)17-5-8-20(27)9-6-17/h1-9,11,15-16H,10,12-14,28H2,(H,29,33). The molecule has 1 aromatic heterocycles. The normalized spacial score (nSPS) is 10.8. The van der Waals surface area contributed by atoms with Crippen LogP contribution in [0, 0.1) is 5.82 Å². The van der Waals surface area contributed by atoms with E-state index in [9.17, 15) is 9.18 Å². The Morgan fingerprint density at radius 3 is 2.58 bits per heavy atom. The summed E-state index contributed by atoms with van der Waals surface area (Å²) in [4.78, 5) is 12.5. The number of hydrogen-bond donors (Lipinski definition) is 2. The smallest absolute Gasteiger partial charge is 0.224 e. The predicted octanol–water partition coefficient (Wildman–Crippen LogP) is 5.13. The highest BCUT2D eigenvalue weighted by atomic mass is 35.5. The zero-order chi connectivity index (χ0) is 23.2. The molecule has 33 heavy (non-hydrogen) atoms. The van der Waals surface area contributed by atoms with Gasteiger partial charge in [-0.1, -0.05) is 53.2 Å². The lowest BCUT2D eigenvalue weighted by atomic mass is 10.0. The van der Waals surface area contributed by atoms with Crippen molar-refractivity contribution in [1.29, 1.82) is 0 Å². The Kier molecular flexibility index (Phi) is 7.00. The number of aromatic nitrogens is 3. The number of hydrogen-bond acceptors (Lipinski definition) is 4. The zero-order valence-electron chi connectivity index (χ0n) is 17.8. The van der Waals surface area contributed by atoms with E-state index in [0.717, 1.165) is 33.8 Å². The number of benzene rings is 3. The molecule has 0 saturated carbocycles. The van der Waals surface area contributed by atoms with Crippen molar-refractivity contribution in [3.8, 4) is 11.1 Å². The lowest BCUT2D eigenvalue weighted by Gasteiger charge is -2.10. The summed E-state index contributed by atoms with van der Waals surface area (Å²) in [5, 5.41) is 11.9. The molecule has 168 valence electrons. The van der Waals surface area contributed by atoms with Gasteiger partial charge in [-0.25, -0.2) is 4.39 Å². The third-order valence-corrected chi connectivity index (χ3v) is 5.64. The molecule has 0 spiro atoms. The fourth-order valence-electron chi connectivity index (χ4n) is 3.44. The maximum atomic E-state index is 13.2. The molecule has 3 aromatic carbocycles. The largest absolute Gasteiger partial charge is 0.397 e. The van der Waals surface area contributed by atoms with Gasteiger partial charge in [-0.2, -0.15) is 0 Å². The van der Waals surface area contributed by atoms with Crippen molar-refractivity contribution in [2.45, 2.75) is 25.8 Å². The van der Waals surface area contributed by atoms with Gasteiger partial charge in [0.1, 0.15) is 5.82 Å². The summed E-state index contributed by atoms with van der Waals surface area (Å²) in [5.74, 6) is -0.480. The summed E-state index contributed by atoms with van der Waals surface area (Å²) in [5.41, 5.74) is 10.5. The van der Waals surface area contributed by atoms with Gasteiger partial charge in [0.05, 0.1) is 17.1 Å². The number of anilines is 2. The Labute approximate surface area is 196 Å². The molecule has 0 bridgehead atoms. The predicted molar refractivity (Wildman–Crippen MR) is 128 cm³/mol. The van der Waals surface area contributed by atoms with Crippen molar-refractivity contribution in [3.63, 3.8) is 0 Å². The van der Waals surface area contributed by atoms with E-state index in [1.807, 2.05) is 36.5 Å². The quantitative estimate of drug-likeness (QED) is 0.354. The molecule has 0 aliphatic rings. The van der Waals surface area contributed by atoms with Crippen LogP contribution in [0.3, 0.4) is 0 Å². The van der Waals surface area contributed by atoms with Crippen LogP contribution in [0.1, 0.15) is 17.7 Å². The Balaban J connectivity index is 1.32. The van der Waals surface area contributed by atoms with E-state index >= 15 is 0 Å². The molecule has 0 atom stereocenters. The zero-order valence-corrected chi connectivity index (χ0v) is 18.6. The van der Waals surface area contributed by atoms with Crippen LogP contribution in [0.25, 0.3) is 11.1 Å². The molecule has 0 unspecified atom stereocenters. The fraction of sp³-hybridized carbons (Fsp3) is 0.160. The highest BCUT2D eigenvalue weighted by Crippen LogP contribution is 2.27. The summed E-state index contributed by atoms with van der Waals surface area (Å²) in [6.07, 6.45) is 3.28. The highest BCUT2D eigenvalue weighted by molar-refractivity contribution is 6.31. The van der Waals surface area contributed by atoms with Gasteiger partial charge in [0, 0.05) is 30.6 Å². The maximum Gasteiger partial charge on any atom is 0.224 e. The van der Waals surface area contributed by atoms with Gasteiger partial charge in [-0.3, -0.25) is 9.48 Å². The number of carbonyl (C=O) groups is 1. The Morgan fingerprint density at radius 1 is 1.03 bits per heavy atom. The molecule has 0 saturated heterocycles. The molecule has 1 heterocycles. The molecular formula is C25H23ClFN5O. The van der Waals surface area contributed by atoms with Gasteiger partial charge < -0.3 is 11.1 Å². The second-order valence-corrected chi connectivity index (χ2v) is 8.08. The average Bonchev–Trinajstić information content (AvgIpc) is 3.27. The molecular weight excluding hydrogens is 441 g/mol. The van der Waals surface area contributed by atoms with Crippen LogP contribution >= 0.6 is 11.6 Å². The van der Waals surface area contributed by atoms with Gasteiger partial charge in [0.25, 0.3) is 0 Å². The average molecular weight is 464 g/mol. The number of aryl methyl sites for hydroxylation is 3. The fourth-order valence-corrected chi connectivity index (χ4v) is 3.67. The Bertz CT molecular complexity index is 1260.